The minimum Gasteiger partial charge on any atom is -0.375 e. The number of rotatable bonds is 4. The Morgan fingerprint density at radius 2 is 2.10 bits per heavy atom. The van der Waals surface area contributed by atoms with Crippen molar-refractivity contribution >= 4 is 11.8 Å². The lowest BCUT2D eigenvalue weighted by molar-refractivity contribution is 0.0529. The maximum absolute atomic E-state index is 14.3. The highest BCUT2D eigenvalue weighted by atomic mass is 19.2. The van der Waals surface area contributed by atoms with E-state index in [0.717, 1.165) is 31.7 Å². The van der Waals surface area contributed by atoms with Gasteiger partial charge in [-0.25, -0.2) is 8.78 Å². The Bertz CT molecular complexity index is 936. The minimum absolute atomic E-state index is 0.0641. The van der Waals surface area contributed by atoms with Gasteiger partial charge in [0.15, 0.2) is 11.6 Å². The van der Waals surface area contributed by atoms with Crippen LogP contribution in [0.15, 0.2) is 29.1 Å². The van der Waals surface area contributed by atoms with Crippen LogP contribution >= 0.6 is 0 Å². The van der Waals surface area contributed by atoms with Gasteiger partial charge in [-0.15, -0.1) is 0 Å². The number of aromatic amines is 1. The molecule has 6 nitrogen and oxygen atoms in total. The largest absolute Gasteiger partial charge is 0.375 e. The molecule has 0 saturated carbocycles. The monoisotopic (exact) mass is 418 g/mol. The summed E-state index contributed by atoms with van der Waals surface area (Å²) < 4.78 is 33.6. The third-order valence-electron chi connectivity index (χ3n) is 5.92. The molecule has 0 spiro atoms. The van der Waals surface area contributed by atoms with Crippen molar-refractivity contribution in [1.82, 2.24) is 9.97 Å². The Morgan fingerprint density at radius 1 is 1.23 bits per heavy atom. The molecule has 0 amide bonds. The number of H-pyrrole nitrogens is 1. The zero-order valence-corrected chi connectivity index (χ0v) is 17.2. The molecule has 0 radical (unpaired) electrons. The van der Waals surface area contributed by atoms with Crippen LogP contribution in [0.3, 0.4) is 0 Å². The molecule has 1 aromatic heterocycles. The van der Waals surface area contributed by atoms with E-state index in [-0.39, 0.29) is 17.7 Å². The third-order valence-corrected chi connectivity index (χ3v) is 5.92. The molecule has 30 heavy (non-hydrogen) atoms. The first-order valence-electron chi connectivity index (χ1n) is 10.7. The number of ether oxygens (including phenoxy) is 1. The van der Waals surface area contributed by atoms with Crippen LogP contribution in [0.2, 0.25) is 0 Å². The number of anilines is 2. The summed E-state index contributed by atoms with van der Waals surface area (Å²) in [7, 11) is 0. The molecule has 2 aliphatic heterocycles. The zero-order chi connectivity index (χ0) is 21.1. The van der Waals surface area contributed by atoms with Crippen LogP contribution in [-0.4, -0.2) is 48.4 Å². The first-order chi connectivity index (χ1) is 14.5. The van der Waals surface area contributed by atoms with Crippen molar-refractivity contribution in [3.8, 4) is 0 Å². The second-order valence-corrected chi connectivity index (χ2v) is 8.17. The van der Waals surface area contributed by atoms with Gasteiger partial charge < -0.3 is 14.5 Å². The van der Waals surface area contributed by atoms with Gasteiger partial charge in [-0.1, -0.05) is 25.0 Å². The highest BCUT2D eigenvalue weighted by Crippen LogP contribution is 2.26. The Hall–Kier alpha value is -2.48. The molecule has 2 fully saturated rings. The van der Waals surface area contributed by atoms with Gasteiger partial charge in [-0.05, 0) is 37.8 Å². The second kappa shape index (κ2) is 9.12. The molecule has 2 unspecified atom stereocenters. The molecule has 2 atom stereocenters. The summed E-state index contributed by atoms with van der Waals surface area (Å²) in [6.07, 6.45) is 4.30. The molecular formula is C22H28F2N4O2. The molecule has 162 valence electrons. The number of aromatic nitrogens is 2. The molecule has 8 heteroatoms. The summed E-state index contributed by atoms with van der Waals surface area (Å²) in [4.78, 5) is 24.2. The van der Waals surface area contributed by atoms with Crippen LogP contribution < -0.4 is 15.4 Å². The molecule has 3 heterocycles. The molecule has 2 aromatic rings. The van der Waals surface area contributed by atoms with E-state index in [0.29, 0.717) is 50.0 Å². The Labute approximate surface area is 174 Å². The van der Waals surface area contributed by atoms with Gasteiger partial charge in [-0.3, -0.25) is 9.78 Å². The number of hydrogen-bond acceptors (Lipinski definition) is 5. The third kappa shape index (κ3) is 4.64. The van der Waals surface area contributed by atoms with Gasteiger partial charge in [0, 0.05) is 31.7 Å². The number of nitrogens with zero attached hydrogens (tertiary/aromatic N) is 3. The van der Waals surface area contributed by atoms with E-state index in [4.69, 9.17) is 9.72 Å². The minimum atomic E-state index is -0.831. The Kier molecular flexibility index (Phi) is 6.32. The molecule has 1 aromatic carbocycles. The van der Waals surface area contributed by atoms with E-state index in [9.17, 15) is 13.6 Å². The molecular weight excluding hydrogens is 390 g/mol. The van der Waals surface area contributed by atoms with E-state index in [1.807, 2.05) is 6.92 Å². The van der Waals surface area contributed by atoms with E-state index >= 15 is 0 Å². The summed E-state index contributed by atoms with van der Waals surface area (Å²) in [6.45, 7) is 4.66. The predicted molar refractivity (Wildman–Crippen MR) is 112 cm³/mol. The summed E-state index contributed by atoms with van der Waals surface area (Å²) in [5.74, 6) is -0.494. The number of nitrogens with one attached hydrogen (secondary N) is 1. The second-order valence-electron chi connectivity index (χ2n) is 8.17. The van der Waals surface area contributed by atoms with Gasteiger partial charge in [0.05, 0.1) is 12.7 Å². The molecule has 4 rings (SSSR count). The van der Waals surface area contributed by atoms with Crippen molar-refractivity contribution in [2.75, 3.05) is 36.0 Å². The van der Waals surface area contributed by atoms with Crippen molar-refractivity contribution in [3.05, 3.63) is 51.8 Å². The molecule has 2 saturated heterocycles. The van der Waals surface area contributed by atoms with Crippen LogP contribution in [0.25, 0.3) is 0 Å². The van der Waals surface area contributed by atoms with Crippen molar-refractivity contribution in [1.29, 1.82) is 0 Å². The maximum atomic E-state index is 14.3. The Balaban J connectivity index is 1.64. The highest BCUT2D eigenvalue weighted by molar-refractivity contribution is 5.45. The summed E-state index contributed by atoms with van der Waals surface area (Å²) in [6, 6.07) is 5.75. The summed E-state index contributed by atoms with van der Waals surface area (Å²) in [5, 5.41) is 0. The lowest BCUT2D eigenvalue weighted by atomic mass is 10.0. The fourth-order valence-corrected chi connectivity index (χ4v) is 4.39. The van der Waals surface area contributed by atoms with Crippen molar-refractivity contribution in [3.63, 3.8) is 0 Å². The van der Waals surface area contributed by atoms with Gasteiger partial charge in [0.25, 0.3) is 5.56 Å². The number of morpholine rings is 1. The van der Waals surface area contributed by atoms with E-state index in [1.165, 1.54) is 12.1 Å². The fourth-order valence-electron chi connectivity index (χ4n) is 4.39. The highest BCUT2D eigenvalue weighted by Gasteiger charge is 2.26. The number of hydrogen-bond donors (Lipinski definition) is 1. The average molecular weight is 418 g/mol. The number of halogens is 2. The van der Waals surface area contributed by atoms with E-state index < -0.39 is 11.6 Å². The first kappa shape index (κ1) is 20.8. The van der Waals surface area contributed by atoms with Gasteiger partial charge in [0.2, 0.25) is 5.95 Å². The van der Waals surface area contributed by atoms with Crippen molar-refractivity contribution in [2.45, 2.75) is 51.2 Å². The fraction of sp³-hybridized carbons (Fsp3) is 0.545. The van der Waals surface area contributed by atoms with Crippen molar-refractivity contribution < 1.29 is 13.5 Å². The Morgan fingerprint density at radius 3 is 2.93 bits per heavy atom. The molecule has 0 aliphatic carbocycles. The topological polar surface area (TPSA) is 61.5 Å². The van der Waals surface area contributed by atoms with E-state index in [2.05, 4.69) is 14.8 Å². The first-order valence-corrected chi connectivity index (χ1v) is 10.7. The molecule has 1 N–H and O–H groups in total. The van der Waals surface area contributed by atoms with Crippen molar-refractivity contribution in [2.24, 2.45) is 0 Å². The number of benzene rings is 1. The normalized spacial score (nSPS) is 22.8. The van der Waals surface area contributed by atoms with Crippen LogP contribution in [0, 0.1) is 11.6 Å². The predicted octanol–water partition coefficient (Wildman–Crippen LogP) is 3.26. The summed E-state index contributed by atoms with van der Waals surface area (Å²) in [5.41, 5.74) is 0.140. The van der Waals surface area contributed by atoms with Crippen LogP contribution in [0.1, 0.15) is 38.2 Å². The maximum Gasteiger partial charge on any atom is 0.254 e. The SMILES string of the molecule is CC1CN(c2cc(=O)[nH]c(N3CCCCCC3Cc3cccc(F)c3F)n2)CCO1. The quantitative estimate of drug-likeness (QED) is 0.826. The van der Waals surface area contributed by atoms with Gasteiger partial charge >= 0.3 is 0 Å². The van der Waals surface area contributed by atoms with E-state index in [1.54, 1.807) is 6.07 Å². The smallest absolute Gasteiger partial charge is 0.254 e. The lowest BCUT2D eigenvalue weighted by Crippen LogP contribution is -2.43. The molecule has 0 bridgehead atoms. The average Bonchev–Trinajstić information content (AvgIpc) is 2.96. The van der Waals surface area contributed by atoms with Gasteiger partial charge in [0.1, 0.15) is 5.82 Å². The van der Waals surface area contributed by atoms with Crippen LogP contribution in [0.5, 0.6) is 0 Å². The lowest BCUT2D eigenvalue weighted by Gasteiger charge is -2.34. The van der Waals surface area contributed by atoms with Gasteiger partial charge in [-0.2, -0.15) is 4.98 Å². The zero-order valence-electron chi connectivity index (χ0n) is 17.2. The summed E-state index contributed by atoms with van der Waals surface area (Å²) >= 11 is 0. The standard InChI is InChI=1S/C22H28F2N4O2/c1-15-14-27(10-11-30-15)19-13-20(29)26-22(25-19)28-9-4-2-3-7-17(28)12-16-6-5-8-18(23)21(16)24/h5-6,8,13,15,17H,2-4,7,9-12,14H2,1H3,(H,25,26,29). The van der Waals surface area contributed by atoms with Crippen LogP contribution in [0.4, 0.5) is 20.5 Å². The molecule has 2 aliphatic rings. The van der Waals surface area contributed by atoms with Crippen LogP contribution in [-0.2, 0) is 11.2 Å².